The highest BCUT2D eigenvalue weighted by atomic mass is 16.5. The molecule has 5 nitrogen and oxygen atoms in total. The predicted molar refractivity (Wildman–Crippen MR) is 101 cm³/mol. The second-order valence-electron chi connectivity index (χ2n) is 7.59. The van der Waals surface area contributed by atoms with E-state index in [4.69, 9.17) is 4.74 Å². The van der Waals surface area contributed by atoms with Gasteiger partial charge < -0.3 is 9.30 Å². The number of likely N-dealkylation sites (tertiary alicyclic amines) is 1. The molecule has 0 radical (unpaired) electrons. The molecule has 0 bridgehead atoms. The molecule has 1 aliphatic heterocycles. The molecular formula is C21H27N3O2. The lowest BCUT2D eigenvalue weighted by atomic mass is 9.92. The van der Waals surface area contributed by atoms with Crippen LogP contribution in [0.4, 0.5) is 0 Å². The Balaban J connectivity index is 1.49. The maximum Gasteiger partial charge on any atom is 0.202 e. The van der Waals surface area contributed by atoms with E-state index in [0.29, 0.717) is 5.82 Å². The molecule has 1 aromatic carbocycles. The summed E-state index contributed by atoms with van der Waals surface area (Å²) in [5, 5.41) is 0. The average molecular weight is 353 g/mol. The Kier molecular flexibility index (Phi) is 4.81. The number of hydrogen-bond acceptors (Lipinski definition) is 4. The first kappa shape index (κ1) is 17.3. The molecule has 1 fully saturated rings. The Hall–Kier alpha value is -2.14. The van der Waals surface area contributed by atoms with Gasteiger partial charge >= 0.3 is 0 Å². The van der Waals surface area contributed by atoms with Crippen molar-refractivity contribution in [1.29, 1.82) is 0 Å². The van der Waals surface area contributed by atoms with Gasteiger partial charge in [0.2, 0.25) is 5.78 Å². The Bertz CT molecular complexity index is 812. The highest BCUT2D eigenvalue weighted by Crippen LogP contribution is 2.31. The van der Waals surface area contributed by atoms with E-state index in [-0.39, 0.29) is 11.7 Å². The summed E-state index contributed by atoms with van der Waals surface area (Å²) >= 11 is 0. The summed E-state index contributed by atoms with van der Waals surface area (Å²) in [6.07, 6.45) is 9.11. The molecule has 1 atom stereocenters. The van der Waals surface area contributed by atoms with Crippen LogP contribution in [0.5, 0.6) is 5.75 Å². The quantitative estimate of drug-likeness (QED) is 0.775. The minimum atomic E-state index is 0.0327. The third-order valence-electron chi connectivity index (χ3n) is 5.81. The minimum absolute atomic E-state index is 0.0327. The van der Waals surface area contributed by atoms with Gasteiger partial charge in [0.25, 0.3) is 0 Å². The molecule has 2 aliphatic rings. The van der Waals surface area contributed by atoms with Crippen LogP contribution in [0, 0.1) is 5.92 Å². The predicted octanol–water partition coefficient (Wildman–Crippen LogP) is 3.01. The van der Waals surface area contributed by atoms with Crippen molar-refractivity contribution in [2.45, 2.75) is 38.6 Å². The highest BCUT2D eigenvalue weighted by molar-refractivity contribution is 5.94. The number of imidazole rings is 1. The lowest BCUT2D eigenvalue weighted by Gasteiger charge is -2.32. The maximum absolute atomic E-state index is 12.8. The van der Waals surface area contributed by atoms with Crippen molar-refractivity contribution in [3.8, 4) is 5.75 Å². The fourth-order valence-electron chi connectivity index (χ4n) is 4.41. The van der Waals surface area contributed by atoms with E-state index in [9.17, 15) is 4.79 Å². The lowest BCUT2D eigenvalue weighted by molar-refractivity contribution is 0.0797. The topological polar surface area (TPSA) is 47.4 Å². The highest BCUT2D eigenvalue weighted by Gasteiger charge is 2.29. The molecule has 1 aromatic heterocycles. The number of aromatic nitrogens is 2. The van der Waals surface area contributed by atoms with E-state index in [1.165, 1.54) is 29.5 Å². The number of rotatable bonds is 5. The van der Waals surface area contributed by atoms with Gasteiger partial charge in [-0.2, -0.15) is 0 Å². The van der Waals surface area contributed by atoms with Gasteiger partial charge in [-0.25, -0.2) is 4.98 Å². The molecule has 0 saturated carbocycles. The Morgan fingerprint density at radius 1 is 1.27 bits per heavy atom. The SMILES string of the molecule is COc1cc2c(cc1CN1CCC[C@H](C(=O)c3nccn3C)C1)CCC2. The van der Waals surface area contributed by atoms with Crippen molar-refractivity contribution >= 4 is 5.78 Å². The first-order chi connectivity index (χ1) is 12.7. The second-order valence-corrected chi connectivity index (χ2v) is 7.59. The van der Waals surface area contributed by atoms with Crippen LogP contribution in [0.25, 0.3) is 0 Å². The van der Waals surface area contributed by atoms with E-state index >= 15 is 0 Å². The number of carbonyl (C=O) groups is 1. The number of ether oxygens (including phenoxy) is 1. The van der Waals surface area contributed by atoms with Crippen LogP contribution in [0.2, 0.25) is 0 Å². The van der Waals surface area contributed by atoms with Gasteiger partial charge in [0.05, 0.1) is 7.11 Å². The van der Waals surface area contributed by atoms with Crippen molar-refractivity contribution in [3.63, 3.8) is 0 Å². The molecule has 1 saturated heterocycles. The first-order valence-corrected chi connectivity index (χ1v) is 9.58. The largest absolute Gasteiger partial charge is 0.496 e. The van der Waals surface area contributed by atoms with E-state index < -0.39 is 0 Å². The fraction of sp³-hybridized carbons (Fsp3) is 0.524. The number of benzene rings is 1. The zero-order valence-corrected chi connectivity index (χ0v) is 15.7. The molecule has 138 valence electrons. The number of hydrogen-bond donors (Lipinski definition) is 0. The van der Waals surface area contributed by atoms with Crippen LogP contribution in [0.3, 0.4) is 0 Å². The van der Waals surface area contributed by atoms with E-state index in [0.717, 1.165) is 44.6 Å². The summed E-state index contributed by atoms with van der Waals surface area (Å²) in [6.45, 7) is 2.68. The van der Waals surface area contributed by atoms with Crippen LogP contribution in [0.15, 0.2) is 24.5 Å². The third-order valence-corrected chi connectivity index (χ3v) is 5.81. The summed E-state index contributed by atoms with van der Waals surface area (Å²) in [7, 11) is 3.64. The summed E-state index contributed by atoms with van der Waals surface area (Å²) < 4.78 is 7.48. The van der Waals surface area contributed by atoms with E-state index in [1.54, 1.807) is 13.3 Å². The van der Waals surface area contributed by atoms with Crippen molar-refractivity contribution < 1.29 is 9.53 Å². The third kappa shape index (κ3) is 3.28. The number of aryl methyl sites for hydroxylation is 3. The van der Waals surface area contributed by atoms with Crippen molar-refractivity contribution in [2.75, 3.05) is 20.2 Å². The normalized spacial score (nSPS) is 20.2. The van der Waals surface area contributed by atoms with Crippen molar-refractivity contribution in [2.24, 2.45) is 13.0 Å². The van der Waals surface area contributed by atoms with Crippen molar-refractivity contribution in [1.82, 2.24) is 14.5 Å². The second kappa shape index (κ2) is 7.23. The Labute approximate surface area is 155 Å². The standard InChI is InChI=1S/C21H27N3O2/c1-23-10-8-22-21(23)20(25)17-7-4-9-24(13-17)14-18-11-15-5-3-6-16(15)12-19(18)26-2/h8,10-12,17H,3-7,9,13-14H2,1-2H3/t17-/m0/s1. The van der Waals surface area contributed by atoms with Gasteiger partial charge in [-0.05, 0) is 55.8 Å². The van der Waals surface area contributed by atoms with Gasteiger partial charge in [-0.1, -0.05) is 6.07 Å². The van der Waals surface area contributed by atoms with Gasteiger partial charge in [0.1, 0.15) is 5.75 Å². The molecule has 1 aliphatic carbocycles. The molecule has 2 heterocycles. The summed E-state index contributed by atoms with van der Waals surface area (Å²) in [6, 6.07) is 4.55. The number of methoxy groups -OCH3 is 1. The Morgan fingerprint density at radius 2 is 2.08 bits per heavy atom. The summed E-state index contributed by atoms with van der Waals surface area (Å²) in [5.74, 6) is 1.77. The molecule has 0 amide bonds. The van der Waals surface area contributed by atoms with Gasteiger partial charge in [-0.3, -0.25) is 9.69 Å². The molecule has 0 unspecified atom stereocenters. The molecular weight excluding hydrogens is 326 g/mol. The van der Waals surface area contributed by atoms with E-state index in [2.05, 4.69) is 22.0 Å². The average Bonchev–Trinajstić information content (AvgIpc) is 3.28. The molecule has 5 heteroatoms. The zero-order chi connectivity index (χ0) is 18.1. The van der Waals surface area contributed by atoms with Gasteiger partial charge in [-0.15, -0.1) is 0 Å². The van der Waals surface area contributed by atoms with Crippen LogP contribution in [-0.4, -0.2) is 40.4 Å². The summed E-state index contributed by atoms with van der Waals surface area (Å²) in [4.78, 5) is 19.5. The molecule has 4 rings (SSSR count). The van der Waals surface area contributed by atoms with Crippen LogP contribution >= 0.6 is 0 Å². The number of nitrogens with zero attached hydrogens (tertiary/aromatic N) is 3. The van der Waals surface area contributed by atoms with Gasteiger partial charge in [0, 0.05) is 44.0 Å². The van der Waals surface area contributed by atoms with Crippen molar-refractivity contribution in [3.05, 3.63) is 47.0 Å². The van der Waals surface area contributed by atoms with Crippen LogP contribution < -0.4 is 4.74 Å². The number of carbonyl (C=O) groups excluding carboxylic acids is 1. The van der Waals surface area contributed by atoms with Crippen LogP contribution in [-0.2, 0) is 26.4 Å². The smallest absolute Gasteiger partial charge is 0.202 e. The lowest BCUT2D eigenvalue weighted by Crippen LogP contribution is -2.39. The first-order valence-electron chi connectivity index (χ1n) is 9.58. The Morgan fingerprint density at radius 3 is 2.81 bits per heavy atom. The molecule has 0 spiro atoms. The number of ketones is 1. The van der Waals surface area contributed by atoms with E-state index in [1.807, 2.05) is 17.8 Å². The van der Waals surface area contributed by atoms with Crippen LogP contribution in [0.1, 0.15) is 46.6 Å². The number of piperidine rings is 1. The number of fused-ring (bicyclic) bond motifs is 1. The maximum atomic E-state index is 12.8. The number of Topliss-reactive ketones (excluding diaryl/α,β-unsaturated/α-hetero) is 1. The monoisotopic (exact) mass is 353 g/mol. The molecule has 0 N–H and O–H groups in total. The molecule has 2 aromatic rings. The summed E-state index contributed by atoms with van der Waals surface area (Å²) in [5.41, 5.74) is 4.16. The zero-order valence-electron chi connectivity index (χ0n) is 15.7. The molecule has 26 heavy (non-hydrogen) atoms. The van der Waals surface area contributed by atoms with Gasteiger partial charge in [0.15, 0.2) is 5.82 Å². The minimum Gasteiger partial charge on any atom is -0.496 e. The fourth-order valence-corrected chi connectivity index (χ4v) is 4.41.